The topological polar surface area (TPSA) is 57.5 Å². The van der Waals surface area contributed by atoms with Crippen molar-refractivity contribution >= 4 is 5.97 Å². The second-order valence-corrected chi connectivity index (χ2v) is 3.11. The van der Waals surface area contributed by atoms with Crippen molar-refractivity contribution in [2.24, 2.45) is 0 Å². The molecule has 0 aliphatic rings. The van der Waals surface area contributed by atoms with Crippen molar-refractivity contribution in [2.45, 2.75) is 46.0 Å². The van der Waals surface area contributed by atoms with E-state index < -0.39 is 11.7 Å². The molecule has 0 aliphatic heterocycles. The first kappa shape index (κ1) is 12.0. The zero-order valence-corrected chi connectivity index (χ0v) is 8.34. The minimum atomic E-state index is -1.21. The van der Waals surface area contributed by atoms with E-state index in [0.717, 1.165) is 19.3 Å². The van der Waals surface area contributed by atoms with Gasteiger partial charge in [-0.2, -0.15) is 0 Å². The van der Waals surface area contributed by atoms with Gasteiger partial charge >= 0.3 is 5.97 Å². The number of allylic oxidation sites excluding steroid dienone is 1. The summed E-state index contributed by atoms with van der Waals surface area (Å²) in [5.41, 5.74) is 0.678. The highest BCUT2D eigenvalue weighted by molar-refractivity contribution is 5.84. The molecular weight excluding hydrogens is 168 g/mol. The first-order valence-electron chi connectivity index (χ1n) is 4.77. The lowest BCUT2D eigenvalue weighted by molar-refractivity contribution is -0.135. The smallest absolute Gasteiger partial charge is 0.370 e. The lowest BCUT2D eigenvalue weighted by atomic mass is 10.0. The van der Waals surface area contributed by atoms with E-state index in [1.807, 2.05) is 13.8 Å². The van der Waals surface area contributed by atoms with Gasteiger partial charge in [-0.05, 0) is 24.8 Å². The summed E-state index contributed by atoms with van der Waals surface area (Å²) in [5, 5.41) is 17.8. The molecule has 13 heavy (non-hydrogen) atoms. The van der Waals surface area contributed by atoms with Crippen LogP contribution in [0.1, 0.15) is 46.0 Å². The molecule has 0 aromatic rings. The molecule has 3 heteroatoms. The van der Waals surface area contributed by atoms with E-state index in [1.165, 1.54) is 0 Å². The SMILES string of the molecule is CCCC/C(CCC)=C(/O)C(=O)O. The van der Waals surface area contributed by atoms with Gasteiger partial charge in [0, 0.05) is 0 Å². The first-order valence-corrected chi connectivity index (χ1v) is 4.77. The molecule has 0 bridgehead atoms. The average molecular weight is 186 g/mol. The number of carboxylic acid groups (broad SMARTS) is 1. The number of rotatable bonds is 6. The third-order valence-corrected chi connectivity index (χ3v) is 1.92. The van der Waals surface area contributed by atoms with E-state index in [2.05, 4.69) is 0 Å². The molecule has 0 amide bonds. The van der Waals surface area contributed by atoms with Crippen molar-refractivity contribution in [1.29, 1.82) is 0 Å². The van der Waals surface area contributed by atoms with Crippen molar-refractivity contribution in [2.75, 3.05) is 0 Å². The van der Waals surface area contributed by atoms with E-state index in [1.54, 1.807) is 0 Å². The first-order chi connectivity index (χ1) is 6.13. The molecule has 0 heterocycles. The Hall–Kier alpha value is -0.990. The molecule has 0 saturated heterocycles. The summed E-state index contributed by atoms with van der Waals surface area (Å²) in [4.78, 5) is 10.5. The molecule has 0 radical (unpaired) electrons. The Balaban J connectivity index is 4.37. The second-order valence-electron chi connectivity index (χ2n) is 3.11. The largest absolute Gasteiger partial charge is 0.502 e. The van der Waals surface area contributed by atoms with Crippen LogP contribution in [-0.4, -0.2) is 16.2 Å². The Morgan fingerprint density at radius 1 is 1.08 bits per heavy atom. The Morgan fingerprint density at radius 2 is 1.69 bits per heavy atom. The molecule has 76 valence electrons. The van der Waals surface area contributed by atoms with Crippen LogP contribution in [0.3, 0.4) is 0 Å². The van der Waals surface area contributed by atoms with E-state index >= 15 is 0 Å². The standard InChI is InChI=1S/C10H18O3/c1-3-5-7-8(6-4-2)9(11)10(12)13/h11H,3-7H2,1-2H3,(H,12,13)/b9-8+. The average Bonchev–Trinajstić information content (AvgIpc) is 2.11. The molecule has 0 fully saturated rings. The number of aliphatic carboxylic acids is 1. The number of aliphatic hydroxyl groups is 1. The maximum absolute atomic E-state index is 10.5. The summed E-state index contributed by atoms with van der Waals surface area (Å²) in [6.07, 6.45) is 4.20. The molecule has 0 unspecified atom stereocenters. The van der Waals surface area contributed by atoms with E-state index in [-0.39, 0.29) is 0 Å². The van der Waals surface area contributed by atoms with Crippen molar-refractivity contribution in [3.8, 4) is 0 Å². The Bertz CT molecular complexity index is 194. The van der Waals surface area contributed by atoms with Gasteiger partial charge in [0.05, 0.1) is 0 Å². The minimum absolute atomic E-state index is 0.449. The molecule has 3 nitrogen and oxygen atoms in total. The van der Waals surface area contributed by atoms with Crippen LogP contribution < -0.4 is 0 Å². The maximum atomic E-state index is 10.5. The van der Waals surface area contributed by atoms with Gasteiger partial charge in [-0.15, -0.1) is 0 Å². The van der Waals surface area contributed by atoms with Gasteiger partial charge in [-0.1, -0.05) is 26.7 Å². The molecule has 0 saturated carbocycles. The summed E-state index contributed by atoms with van der Waals surface area (Å²) in [7, 11) is 0. The van der Waals surface area contributed by atoms with E-state index in [0.29, 0.717) is 18.4 Å². The summed E-state index contributed by atoms with van der Waals surface area (Å²) in [6.45, 7) is 4.02. The highest BCUT2D eigenvalue weighted by Crippen LogP contribution is 2.16. The monoisotopic (exact) mass is 186 g/mol. The predicted molar refractivity (Wildman–Crippen MR) is 51.7 cm³/mol. The minimum Gasteiger partial charge on any atom is -0.502 e. The van der Waals surface area contributed by atoms with Crippen molar-refractivity contribution in [3.63, 3.8) is 0 Å². The highest BCUT2D eigenvalue weighted by atomic mass is 16.4. The predicted octanol–water partition coefficient (Wildman–Crippen LogP) is 2.87. The third-order valence-electron chi connectivity index (χ3n) is 1.92. The van der Waals surface area contributed by atoms with Crippen LogP contribution in [0.5, 0.6) is 0 Å². The molecule has 2 N–H and O–H groups in total. The van der Waals surface area contributed by atoms with Crippen LogP contribution in [0.25, 0.3) is 0 Å². The number of unbranched alkanes of at least 4 members (excludes halogenated alkanes) is 1. The number of carbonyl (C=O) groups is 1. The second kappa shape index (κ2) is 6.52. The zero-order valence-electron chi connectivity index (χ0n) is 8.34. The van der Waals surface area contributed by atoms with Gasteiger partial charge in [-0.3, -0.25) is 0 Å². The van der Waals surface area contributed by atoms with Crippen LogP contribution >= 0.6 is 0 Å². The van der Waals surface area contributed by atoms with Crippen molar-refractivity contribution in [1.82, 2.24) is 0 Å². The fraction of sp³-hybridized carbons (Fsp3) is 0.700. The lowest BCUT2D eigenvalue weighted by Crippen LogP contribution is -2.04. The summed E-state index contributed by atoms with van der Waals surface area (Å²) in [6, 6.07) is 0. The maximum Gasteiger partial charge on any atom is 0.370 e. The Morgan fingerprint density at radius 3 is 2.08 bits per heavy atom. The molecule has 0 rings (SSSR count). The van der Waals surface area contributed by atoms with Gasteiger partial charge in [0.25, 0.3) is 0 Å². The van der Waals surface area contributed by atoms with Crippen LogP contribution in [0.4, 0.5) is 0 Å². The number of hydrogen-bond acceptors (Lipinski definition) is 2. The van der Waals surface area contributed by atoms with Crippen molar-refractivity contribution < 1.29 is 15.0 Å². The highest BCUT2D eigenvalue weighted by Gasteiger charge is 2.11. The van der Waals surface area contributed by atoms with Crippen molar-refractivity contribution in [3.05, 3.63) is 11.3 Å². The molecule has 0 atom stereocenters. The Labute approximate surface area is 79.1 Å². The third kappa shape index (κ3) is 4.55. The van der Waals surface area contributed by atoms with Crippen LogP contribution in [0, 0.1) is 0 Å². The molecule has 0 aromatic heterocycles. The summed E-state index contributed by atoms with van der Waals surface area (Å²) >= 11 is 0. The van der Waals surface area contributed by atoms with Gasteiger partial charge < -0.3 is 10.2 Å². The van der Waals surface area contributed by atoms with Crippen LogP contribution in [-0.2, 0) is 4.79 Å². The summed E-state index contributed by atoms with van der Waals surface area (Å²) < 4.78 is 0. The van der Waals surface area contributed by atoms with Gasteiger partial charge in [0.1, 0.15) is 0 Å². The number of carboxylic acids is 1. The quantitative estimate of drug-likeness (QED) is 0.495. The molecule has 0 spiro atoms. The number of hydrogen-bond donors (Lipinski definition) is 2. The van der Waals surface area contributed by atoms with Crippen LogP contribution in [0.15, 0.2) is 11.3 Å². The van der Waals surface area contributed by atoms with E-state index in [9.17, 15) is 9.90 Å². The van der Waals surface area contributed by atoms with E-state index in [4.69, 9.17) is 5.11 Å². The van der Waals surface area contributed by atoms with Gasteiger partial charge in [0.2, 0.25) is 5.76 Å². The zero-order chi connectivity index (χ0) is 10.3. The molecule has 0 aliphatic carbocycles. The molecule has 0 aromatic carbocycles. The van der Waals surface area contributed by atoms with Crippen LogP contribution in [0.2, 0.25) is 0 Å². The lowest BCUT2D eigenvalue weighted by Gasteiger charge is -2.06. The van der Waals surface area contributed by atoms with Gasteiger partial charge in [-0.25, -0.2) is 4.79 Å². The number of aliphatic hydroxyl groups excluding tert-OH is 1. The molecular formula is C10H18O3. The summed E-state index contributed by atoms with van der Waals surface area (Å²) in [5.74, 6) is -1.66. The fourth-order valence-corrected chi connectivity index (χ4v) is 1.20. The fourth-order valence-electron chi connectivity index (χ4n) is 1.20. The normalized spacial score (nSPS) is 12.5. The van der Waals surface area contributed by atoms with Gasteiger partial charge in [0.15, 0.2) is 0 Å². The Kier molecular flexibility index (Phi) is 6.02.